The van der Waals surface area contributed by atoms with Crippen LogP contribution in [0.15, 0.2) is 0 Å². The number of urea groups is 1. The molecule has 0 aliphatic carbocycles. The molecule has 0 radical (unpaired) electrons. The number of thioether (sulfide) groups is 1. The van der Waals surface area contributed by atoms with E-state index in [1.54, 1.807) is 28.6 Å². The van der Waals surface area contributed by atoms with Crippen molar-refractivity contribution in [3.05, 3.63) is 0 Å². The molecule has 6 nitrogen and oxygen atoms in total. The van der Waals surface area contributed by atoms with Crippen molar-refractivity contribution in [2.75, 3.05) is 32.9 Å². The molecular formula is C13H25N3O3S. The molecule has 0 aromatic heterocycles. The molecule has 7 heteroatoms. The Bertz CT molecular complexity index is 341. The number of carboxylic acid groups (broad SMARTS) is 1. The number of hydrogen-bond donors (Lipinski definition) is 2. The minimum Gasteiger partial charge on any atom is -0.480 e. The maximum absolute atomic E-state index is 12.5. The Kier molecular flexibility index (Phi) is 7.15. The summed E-state index contributed by atoms with van der Waals surface area (Å²) in [7, 11) is 3.61. The van der Waals surface area contributed by atoms with E-state index >= 15 is 0 Å². The van der Waals surface area contributed by atoms with Crippen LogP contribution in [-0.2, 0) is 4.79 Å². The predicted molar refractivity (Wildman–Crippen MR) is 81.0 cm³/mol. The lowest BCUT2D eigenvalue weighted by Gasteiger charge is -2.31. The van der Waals surface area contributed by atoms with Gasteiger partial charge in [0.05, 0.1) is 5.37 Å². The van der Waals surface area contributed by atoms with Crippen LogP contribution in [-0.4, -0.2) is 71.3 Å². The van der Waals surface area contributed by atoms with Crippen LogP contribution in [0.2, 0.25) is 0 Å². The Morgan fingerprint density at radius 2 is 2.20 bits per heavy atom. The van der Waals surface area contributed by atoms with E-state index in [1.165, 1.54) is 0 Å². The molecule has 1 aliphatic rings. The fourth-order valence-electron chi connectivity index (χ4n) is 2.27. The Morgan fingerprint density at radius 1 is 1.50 bits per heavy atom. The lowest BCUT2D eigenvalue weighted by molar-refractivity contribution is -0.141. The standard InChI is InChI=1S/C13H25N3O3S/c1-4-6-11-16(10(9-20-11)12(17)18)13(19)15(3)8-5-7-14-2/h10-11,14H,4-9H2,1-3H3,(H,17,18). The van der Waals surface area contributed by atoms with Gasteiger partial charge in [0, 0.05) is 19.3 Å². The molecule has 0 saturated carbocycles. The quantitative estimate of drug-likeness (QED) is 0.693. The fourth-order valence-corrected chi connectivity index (χ4v) is 3.77. The zero-order valence-corrected chi connectivity index (χ0v) is 13.3. The van der Waals surface area contributed by atoms with Crippen molar-refractivity contribution in [3.8, 4) is 0 Å². The SMILES string of the molecule is CCCC1SCC(C(=O)O)N1C(=O)N(C)CCCNC. The van der Waals surface area contributed by atoms with Crippen LogP contribution in [0.1, 0.15) is 26.2 Å². The molecule has 1 rings (SSSR count). The van der Waals surface area contributed by atoms with E-state index in [4.69, 9.17) is 0 Å². The molecule has 2 N–H and O–H groups in total. The first kappa shape index (κ1) is 17.1. The van der Waals surface area contributed by atoms with E-state index in [1.807, 2.05) is 14.0 Å². The van der Waals surface area contributed by atoms with Crippen molar-refractivity contribution in [2.24, 2.45) is 0 Å². The minimum absolute atomic E-state index is 0.0136. The van der Waals surface area contributed by atoms with Gasteiger partial charge < -0.3 is 15.3 Å². The van der Waals surface area contributed by atoms with E-state index in [2.05, 4.69) is 5.32 Å². The molecule has 116 valence electrons. The number of hydrogen-bond acceptors (Lipinski definition) is 4. The highest BCUT2D eigenvalue weighted by molar-refractivity contribution is 8.00. The van der Waals surface area contributed by atoms with E-state index < -0.39 is 12.0 Å². The smallest absolute Gasteiger partial charge is 0.327 e. The summed E-state index contributed by atoms with van der Waals surface area (Å²) >= 11 is 1.57. The summed E-state index contributed by atoms with van der Waals surface area (Å²) in [5.74, 6) is -0.427. The highest BCUT2D eigenvalue weighted by atomic mass is 32.2. The number of carbonyl (C=O) groups excluding carboxylic acids is 1. The molecular weight excluding hydrogens is 278 g/mol. The van der Waals surface area contributed by atoms with Crippen molar-refractivity contribution in [3.63, 3.8) is 0 Å². The number of nitrogens with one attached hydrogen (secondary N) is 1. The molecule has 1 saturated heterocycles. The first-order valence-electron chi connectivity index (χ1n) is 7.05. The Morgan fingerprint density at radius 3 is 2.75 bits per heavy atom. The molecule has 1 aliphatic heterocycles. The lowest BCUT2D eigenvalue weighted by atomic mass is 10.2. The number of amides is 2. The largest absolute Gasteiger partial charge is 0.480 e. The molecule has 20 heavy (non-hydrogen) atoms. The predicted octanol–water partition coefficient (Wildman–Crippen LogP) is 1.28. The van der Waals surface area contributed by atoms with Crippen LogP contribution in [0.25, 0.3) is 0 Å². The van der Waals surface area contributed by atoms with Crippen molar-refractivity contribution < 1.29 is 14.7 Å². The van der Waals surface area contributed by atoms with Crippen LogP contribution < -0.4 is 5.32 Å². The molecule has 2 unspecified atom stereocenters. The molecule has 1 fully saturated rings. The molecule has 0 bridgehead atoms. The van der Waals surface area contributed by atoms with E-state index in [0.29, 0.717) is 12.3 Å². The van der Waals surface area contributed by atoms with Crippen LogP contribution in [0.3, 0.4) is 0 Å². The highest BCUT2D eigenvalue weighted by Gasteiger charge is 2.42. The summed E-state index contributed by atoms with van der Waals surface area (Å²) in [4.78, 5) is 27.0. The second-order valence-electron chi connectivity index (χ2n) is 5.00. The van der Waals surface area contributed by atoms with E-state index in [-0.39, 0.29) is 11.4 Å². The zero-order valence-electron chi connectivity index (χ0n) is 12.5. The van der Waals surface area contributed by atoms with Gasteiger partial charge in [-0.25, -0.2) is 9.59 Å². The number of carboxylic acids is 1. The second kappa shape index (κ2) is 8.36. The normalized spacial score (nSPS) is 22.1. The van der Waals surface area contributed by atoms with Gasteiger partial charge in [0.2, 0.25) is 0 Å². The number of carbonyl (C=O) groups is 2. The summed E-state index contributed by atoms with van der Waals surface area (Å²) in [6.07, 6.45) is 2.64. The summed E-state index contributed by atoms with van der Waals surface area (Å²) in [5.41, 5.74) is 0. The van der Waals surface area contributed by atoms with Crippen molar-refractivity contribution in [2.45, 2.75) is 37.6 Å². The first-order chi connectivity index (χ1) is 9.52. The Labute approximate surface area is 124 Å². The summed E-state index contributed by atoms with van der Waals surface area (Å²) in [5, 5.41) is 12.3. The second-order valence-corrected chi connectivity index (χ2v) is 6.21. The maximum Gasteiger partial charge on any atom is 0.327 e. The van der Waals surface area contributed by atoms with Gasteiger partial charge in [0.15, 0.2) is 0 Å². The molecule has 0 aromatic carbocycles. The van der Waals surface area contributed by atoms with Gasteiger partial charge in [-0.05, 0) is 26.4 Å². The average Bonchev–Trinajstić information content (AvgIpc) is 2.82. The molecule has 1 heterocycles. The fraction of sp³-hybridized carbons (Fsp3) is 0.846. The Hall–Kier alpha value is -0.950. The summed E-state index contributed by atoms with van der Waals surface area (Å²) < 4.78 is 0. The van der Waals surface area contributed by atoms with Crippen LogP contribution >= 0.6 is 11.8 Å². The van der Waals surface area contributed by atoms with Crippen molar-refractivity contribution in [1.82, 2.24) is 15.1 Å². The summed E-state index contributed by atoms with van der Waals surface area (Å²) in [6.45, 7) is 3.52. The monoisotopic (exact) mass is 303 g/mol. The van der Waals surface area contributed by atoms with E-state index in [9.17, 15) is 14.7 Å². The van der Waals surface area contributed by atoms with Gasteiger partial charge >= 0.3 is 12.0 Å². The molecule has 0 spiro atoms. The first-order valence-corrected chi connectivity index (χ1v) is 8.10. The third-order valence-electron chi connectivity index (χ3n) is 3.38. The van der Waals surface area contributed by atoms with Crippen LogP contribution in [0.4, 0.5) is 4.79 Å². The van der Waals surface area contributed by atoms with Gasteiger partial charge in [0.25, 0.3) is 0 Å². The molecule has 2 atom stereocenters. The number of rotatable bonds is 7. The van der Waals surface area contributed by atoms with Gasteiger partial charge in [-0.15, -0.1) is 11.8 Å². The Balaban J connectivity index is 2.70. The lowest BCUT2D eigenvalue weighted by Crippen LogP contribution is -2.50. The van der Waals surface area contributed by atoms with E-state index in [0.717, 1.165) is 25.8 Å². The van der Waals surface area contributed by atoms with Gasteiger partial charge in [-0.1, -0.05) is 13.3 Å². The topological polar surface area (TPSA) is 72.9 Å². The maximum atomic E-state index is 12.5. The van der Waals surface area contributed by atoms with Gasteiger partial charge in [-0.2, -0.15) is 0 Å². The highest BCUT2D eigenvalue weighted by Crippen LogP contribution is 2.33. The third-order valence-corrected chi connectivity index (χ3v) is 4.74. The van der Waals surface area contributed by atoms with Gasteiger partial charge in [-0.3, -0.25) is 4.90 Å². The van der Waals surface area contributed by atoms with Crippen LogP contribution in [0.5, 0.6) is 0 Å². The molecule has 2 amide bonds. The average molecular weight is 303 g/mol. The van der Waals surface area contributed by atoms with Crippen molar-refractivity contribution in [1.29, 1.82) is 0 Å². The summed E-state index contributed by atoms with van der Waals surface area (Å²) in [6, 6.07) is -0.868. The number of aliphatic carboxylic acids is 1. The molecule has 0 aromatic rings. The zero-order chi connectivity index (χ0) is 15.1. The van der Waals surface area contributed by atoms with Crippen LogP contribution in [0, 0.1) is 0 Å². The van der Waals surface area contributed by atoms with Crippen molar-refractivity contribution >= 4 is 23.8 Å². The minimum atomic E-state index is -0.909. The third kappa shape index (κ3) is 4.28. The van der Waals surface area contributed by atoms with Gasteiger partial charge in [0.1, 0.15) is 6.04 Å². The number of nitrogens with zero attached hydrogens (tertiary/aromatic N) is 2.